The van der Waals surface area contributed by atoms with Gasteiger partial charge in [0.25, 0.3) is 5.91 Å². The van der Waals surface area contributed by atoms with Gasteiger partial charge in [-0.1, -0.05) is 6.07 Å². The molecule has 2 heterocycles. The van der Waals surface area contributed by atoms with Gasteiger partial charge in [-0.3, -0.25) is 14.4 Å². The number of hydrogen-bond acceptors (Lipinski definition) is 11. The zero-order chi connectivity index (χ0) is 30.8. The van der Waals surface area contributed by atoms with Crippen molar-refractivity contribution < 1.29 is 48.3 Å². The third kappa shape index (κ3) is 4.80. The first-order chi connectivity index (χ1) is 19.6. The standard InChI is InChI=1S/C30H38N2O10/c1-15(39-16(2)33)26(36)31-18(27(37)42-28(3,4)5)14-22(35)40-20-9-10-30(38)21-13-17-7-8-19(34)24-23(17)29(30,25(20)41-24)11-12-32(21)6/h7-9,15,18,21,25,34,38H,10-14H2,1-6H3,(H,31,36)/t15?,18?,21-,25+,29+,30-/m1/s1. The number of hydrogen-bond donors (Lipinski definition) is 3. The summed E-state index contributed by atoms with van der Waals surface area (Å²) < 4.78 is 22.4. The molecule has 6 atom stereocenters. The van der Waals surface area contributed by atoms with Crippen LogP contribution in [-0.2, 0) is 45.2 Å². The topological polar surface area (TPSA) is 161 Å². The fraction of sp³-hybridized carbons (Fsp3) is 0.600. The molecule has 1 spiro atoms. The molecule has 1 amide bonds. The molecule has 12 heteroatoms. The maximum atomic E-state index is 13.3. The average molecular weight is 587 g/mol. The molecule has 2 aliphatic heterocycles. The van der Waals surface area contributed by atoms with Crippen molar-refractivity contribution in [3.05, 3.63) is 35.1 Å². The van der Waals surface area contributed by atoms with Gasteiger partial charge < -0.3 is 39.4 Å². The van der Waals surface area contributed by atoms with Crippen LogP contribution in [0.2, 0.25) is 0 Å². The first-order valence-electron chi connectivity index (χ1n) is 14.1. The van der Waals surface area contributed by atoms with Crippen molar-refractivity contribution in [2.45, 2.75) is 101 Å². The first kappa shape index (κ1) is 29.8. The Morgan fingerprint density at radius 2 is 1.95 bits per heavy atom. The fourth-order valence-corrected chi connectivity index (χ4v) is 6.93. The SMILES string of the molecule is CC(=O)OC(C)C(=O)NC(CC(=O)OC1=CC[C@@]2(O)[C@H]3Cc4ccc(O)c5c4[C@@]2(CCN3C)[C@H]1O5)C(=O)OC(C)(C)C. The first-order valence-corrected chi connectivity index (χ1v) is 14.1. The molecule has 0 radical (unpaired) electrons. The molecular formula is C30H38N2O10. The highest BCUT2D eigenvalue weighted by Crippen LogP contribution is 2.65. The van der Waals surface area contributed by atoms with Gasteiger partial charge in [0.1, 0.15) is 17.4 Å². The lowest BCUT2D eigenvalue weighted by Crippen LogP contribution is -2.74. The molecule has 1 fully saturated rings. The van der Waals surface area contributed by atoms with Crippen LogP contribution in [0.25, 0.3) is 0 Å². The van der Waals surface area contributed by atoms with E-state index < -0.39 is 65.1 Å². The molecule has 0 saturated carbocycles. The Labute approximate surface area is 243 Å². The lowest BCUT2D eigenvalue weighted by atomic mass is 9.50. The zero-order valence-corrected chi connectivity index (χ0v) is 24.7. The highest BCUT2D eigenvalue weighted by atomic mass is 16.6. The molecule has 2 unspecified atom stereocenters. The summed E-state index contributed by atoms with van der Waals surface area (Å²) in [7, 11) is 1.97. The number of aliphatic hydroxyl groups is 1. The minimum absolute atomic E-state index is 0.0578. The molecular weight excluding hydrogens is 548 g/mol. The third-order valence-corrected chi connectivity index (χ3v) is 8.68. The Balaban J connectivity index is 1.41. The van der Waals surface area contributed by atoms with Gasteiger partial charge >= 0.3 is 17.9 Å². The molecule has 4 aliphatic rings. The summed E-state index contributed by atoms with van der Waals surface area (Å²) in [6.45, 7) is 8.09. The molecule has 228 valence electrons. The number of nitrogens with one attached hydrogen (secondary N) is 1. The lowest BCUT2D eigenvalue weighted by Gasteiger charge is -2.61. The van der Waals surface area contributed by atoms with Crippen molar-refractivity contribution in [1.82, 2.24) is 10.2 Å². The van der Waals surface area contributed by atoms with E-state index in [9.17, 15) is 29.4 Å². The number of rotatable bonds is 7. The lowest BCUT2D eigenvalue weighted by molar-refractivity contribution is -0.170. The van der Waals surface area contributed by atoms with Gasteiger partial charge in [0.2, 0.25) is 0 Å². The van der Waals surface area contributed by atoms with Crippen LogP contribution in [0.3, 0.4) is 0 Å². The maximum Gasteiger partial charge on any atom is 0.329 e. The Hall–Kier alpha value is -3.64. The molecule has 0 aromatic heterocycles. The van der Waals surface area contributed by atoms with Crippen LogP contribution in [0.15, 0.2) is 24.0 Å². The van der Waals surface area contributed by atoms with Gasteiger partial charge in [0.15, 0.2) is 23.7 Å². The Kier molecular flexibility index (Phi) is 7.29. The van der Waals surface area contributed by atoms with E-state index in [0.717, 1.165) is 18.1 Å². The fourth-order valence-electron chi connectivity index (χ4n) is 6.93. The minimum Gasteiger partial charge on any atom is -0.504 e. The minimum atomic E-state index is -1.43. The molecule has 2 aliphatic carbocycles. The highest BCUT2D eigenvalue weighted by Gasteiger charge is 2.72. The van der Waals surface area contributed by atoms with Crippen molar-refractivity contribution in [1.29, 1.82) is 0 Å². The number of carbonyl (C=O) groups is 4. The van der Waals surface area contributed by atoms with Gasteiger partial charge in [-0.25, -0.2) is 4.79 Å². The van der Waals surface area contributed by atoms with E-state index in [0.29, 0.717) is 19.4 Å². The van der Waals surface area contributed by atoms with Gasteiger partial charge in [-0.2, -0.15) is 0 Å². The molecule has 1 aromatic rings. The van der Waals surface area contributed by atoms with E-state index in [1.54, 1.807) is 32.9 Å². The van der Waals surface area contributed by atoms with E-state index in [2.05, 4.69) is 10.2 Å². The van der Waals surface area contributed by atoms with Crippen molar-refractivity contribution in [3.63, 3.8) is 0 Å². The molecule has 1 aromatic carbocycles. The van der Waals surface area contributed by atoms with Crippen LogP contribution in [0, 0.1) is 0 Å². The summed E-state index contributed by atoms with van der Waals surface area (Å²) in [5, 5.41) is 25.4. The summed E-state index contributed by atoms with van der Waals surface area (Å²) in [6.07, 6.45) is 0.220. The van der Waals surface area contributed by atoms with Gasteiger partial charge in [-0.05, 0) is 71.8 Å². The summed E-state index contributed by atoms with van der Waals surface area (Å²) >= 11 is 0. The van der Waals surface area contributed by atoms with Crippen LogP contribution >= 0.6 is 0 Å². The second kappa shape index (κ2) is 10.3. The van der Waals surface area contributed by atoms with Crippen molar-refractivity contribution in [2.24, 2.45) is 0 Å². The number of amides is 1. The predicted octanol–water partition coefficient (Wildman–Crippen LogP) is 1.38. The quantitative estimate of drug-likeness (QED) is 0.313. The molecule has 3 N–H and O–H groups in total. The number of aromatic hydroxyl groups is 1. The number of piperidine rings is 1. The second-order valence-corrected chi connectivity index (χ2v) is 12.6. The van der Waals surface area contributed by atoms with Crippen LogP contribution in [0.5, 0.6) is 11.5 Å². The monoisotopic (exact) mass is 586 g/mol. The Morgan fingerprint density at radius 1 is 1.24 bits per heavy atom. The molecule has 2 bridgehead atoms. The number of ether oxygens (including phenoxy) is 4. The zero-order valence-electron chi connectivity index (χ0n) is 24.7. The average Bonchev–Trinajstić information content (AvgIpc) is 3.23. The van der Waals surface area contributed by atoms with Crippen LogP contribution < -0.4 is 10.1 Å². The van der Waals surface area contributed by atoms with E-state index >= 15 is 0 Å². The van der Waals surface area contributed by atoms with E-state index in [1.165, 1.54) is 6.92 Å². The van der Waals surface area contributed by atoms with E-state index in [1.807, 2.05) is 13.1 Å². The van der Waals surface area contributed by atoms with Crippen LogP contribution in [0.4, 0.5) is 0 Å². The summed E-state index contributed by atoms with van der Waals surface area (Å²) in [5.74, 6) is -2.79. The second-order valence-electron chi connectivity index (χ2n) is 12.6. The number of likely N-dealkylation sites (N-methyl/N-ethyl adjacent to an activating group) is 1. The maximum absolute atomic E-state index is 13.3. The van der Waals surface area contributed by atoms with Gasteiger partial charge in [-0.15, -0.1) is 0 Å². The summed E-state index contributed by atoms with van der Waals surface area (Å²) in [4.78, 5) is 52.4. The number of phenols is 1. The number of carbonyl (C=O) groups excluding carboxylic acids is 4. The summed E-state index contributed by atoms with van der Waals surface area (Å²) in [6, 6.07) is 1.78. The van der Waals surface area contributed by atoms with Crippen molar-refractivity contribution >= 4 is 23.8 Å². The van der Waals surface area contributed by atoms with Crippen molar-refractivity contribution in [3.8, 4) is 11.5 Å². The summed E-state index contributed by atoms with van der Waals surface area (Å²) in [5.41, 5.74) is -1.37. The molecule has 42 heavy (non-hydrogen) atoms. The number of likely N-dealkylation sites (tertiary alicyclic amines) is 1. The largest absolute Gasteiger partial charge is 0.504 e. The molecule has 5 rings (SSSR count). The van der Waals surface area contributed by atoms with Gasteiger partial charge in [0, 0.05) is 24.9 Å². The highest BCUT2D eigenvalue weighted by molar-refractivity contribution is 5.90. The van der Waals surface area contributed by atoms with Crippen LogP contribution in [0.1, 0.15) is 65.0 Å². The van der Waals surface area contributed by atoms with E-state index in [4.69, 9.17) is 18.9 Å². The normalized spacial score (nSPS) is 28.8. The van der Waals surface area contributed by atoms with Crippen molar-refractivity contribution in [2.75, 3.05) is 13.6 Å². The van der Waals surface area contributed by atoms with E-state index in [-0.39, 0.29) is 29.7 Å². The molecule has 1 saturated heterocycles. The third-order valence-electron chi connectivity index (χ3n) is 8.68. The van der Waals surface area contributed by atoms with Gasteiger partial charge in [0.05, 0.1) is 17.4 Å². The smallest absolute Gasteiger partial charge is 0.329 e. The number of phenolic OH excluding ortho intramolecular Hbond substituents is 1. The number of benzene rings is 1. The number of nitrogens with zero attached hydrogens (tertiary/aromatic N) is 1. The predicted molar refractivity (Wildman–Crippen MR) is 146 cm³/mol. The number of esters is 3. The van der Waals surface area contributed by atoms with Crippen LogP contribution in [-0.4, -0.2) is 88.0 Å². The molecule has 12 nitrogen and oxygen atoms in total. The Morgan fingerprint density at radius 3 is 2.62 bits per heavy atom. The Bertz CT molecular complexity index is 1370.